The Bertz CT molecular complexity index is 528. The van der Waals surface area contributed by atoms with Crippen LogP contribution >= 0.6 is 0 Å². The summed E-state index contributed by atoms with van der Waals surface area (Å²) in [5, 5.41) is 0. The van der Waals surface area contributed by atoms with E-state index in [0.29, 0.717) is 6.54 Å². The Morgan fingerprint density at radius 2 is 2.20 bits per heavy atom. The van der Waals surface area contributed by atoms with E-state index in [2.05, 4.69) is 11.6 Å². The minimum Gasteiger partial charge on any atom is -0.342 e. The second kappa shape index (κ2) is 7.18. The number of nitrogens with zero attached hydrogens (tertiary/aromatic N) is 3. The topological polar surface area (TPSA) is 70.6 Å². The third-order valence-corrected chi connectivity index (χ3v) is 2.76. The summed E-state index contributed by atoms with van der Waals surface area (Å²) in [6.45, 7) is 5.41. The van der Waals surface area contributed by atoms with Crippen LogP contribution in [0.2, 0.25) is 0 Å². The molecule has 0 aliphatic heterocycles. The van der Waals surface area contributed by atoms with Crippen LogP contribution in [0.15, 0.2) is 31.0 Å². The molecule has 105 valence electrons. The van der Waals surface area contributed by atoms with Gasteiger partial charge in [-0.1, -0.05) is 6.58 Å². The molecule has 0 saturated heterocycles. The standard InChI is InChI=1S/C14H16N3O3/c1-4-12(19)17(9-10-18)13-11(7-6-8-15-13)14(20)16(3)5-2/h4,6-8H,1,5,9H2,2-3H3. The maximum atomic E-state index is 12.2. The Morgan fingerprint density at radius 3 is 2.75 bits per heavy atom. The monoisotopic (exact) mass is 274 g/mol. The number of hydrogen-bond acceptors (Lipinski definition) is 4. The lowest BCUT2D eigenvalue weighted by Gasteiger charge is -2.22. The highest BCUT2D eigenvalue weighted by Crippen LogP contribution is 2.18. The zero-order chi connectivity index (χ0) is 15.1. The van der Waals surface area contributed by atoms with Gasteiger partial charge in [0, 0.05) is 19.8 Å². The van der Waals surface area contributed by atoms with E-state index in [0.717, 1.165) is 11.0 Å². The molecule has 0 unspecified atom stereocenters. The van der Waals surface area contributed by atoms with E-state index in [1.165, 1.54) is 11.1 Å². The summed E-state index contributed by atoms with van der Waals surface area (Å²) in [4.78, 5) is 41.2. The average Bonchev–Trinajstić information content (AvgIpc) is 2.50. The molecule has 0 saturated carbocycles. The lowest BCUT2D eigenvalue weighted by Crippen LogP contribution is -2.35. The van der Waals surface area contributed by atoms with E-state index >= 15 is 0 Å². The van der Waals surface area contributed by atoms with Gasteiger partial charge in [-0.15, -0.1) is 0 Å². The number of aromatic nitrogens is 1. The second-order valence-electron chi connectivity index (χ2n) is 3.97. The van der Waals surface area contributed by atoms with Crippen LogP contribution in [0.5, 0.6) is 0 Å². The molecule has 1 aromatic heterocycles. The predicted octanol–water partition coefficient (Wildman–Crippen LogP) is 0.802. The van der Waals surface area contributed by atoms with E-state index in [1.807, 2.05) is 6.92 Å². The highest BCUT2D eigenvalue weighted by atomic mass is 16.2. The molecule has 0 aliphatic carbocycles. The number of amides is 2. The summed E-state index contributed by atoms with van der Waals surface area (Å²) >= 11 is 0. The first-order valence-electron chi connectivity index (χ1n) is 6.06. The fourth-order valence-corrected chi connectivity index (χ4v) is 1.56. The molecule has 6 heteroatoms. The van der Waals surface area contributed by atoms with Gasteiger partial charge in [-0.05, 0) is 25.1 Å². The van der Waals surface area contributed by atoms with Crippen molar-refractivity contribution in [3.8, 4) is 0 Å². The molecular weight excluding hydrogens is 258 g/mol. The SMILES string of the molecule is C=CC(=O)N(C[C]=O)c1ncccc1C(=O)N(C)CC. The summed E-state index contributed by atoms with van der Waals surface area (Å²) in [6, 6.07) is 3.16. The Balaban J connectivity index is 3.28. The fraction of sp³-hybridized carbons (Fsp3) is 0.286. The lowest BCUT2D eigenvalue weighted by atomic mass is 10.2. The van der Waals surface area contributed by atoms with Crippen molar-refractivity contribution in [2.45, 2.75) is 6.92 Å². The van der Waals surface area contributed by atoms with Gasteiger partial charge in [0.2, 0.25) is 6.29 Å². The van der Waals surface area contributed by atoms with Crippen LogP contribution < -0.4 is 4.90 Å². The van der Waals surface area contributed by atoms with Gasteiger partial charge in [-0.25, -0.2) is 4.98 Å². The van der Waals surface area contributed by atoms with Crippen LogP contribution in [-0.4, -0.2) is 48.1 Å². The highest BCUT2D eigenvalue weighted by Gasteiger charge is 2.22. The molecule has 0 spiro atoms. The molecule has 20 heavy (non-hydrogen) atoms. The normalized spacial score (nSPS) is 9.70. The largest absolute Gasteiger partial charge is 0.342 e. The smallest absolute Gasteiger partial charge is 0.257 e. The van der Waals surface area contributed by atoms with Crippen LogP contribution in [0.3, 0.4) is 0 Å². The van der Waals surface area contributed by atoms with Crippen LogP contribution in [0.25, 0.3) is 0 Å². The first-order chi connectivity index (χ1) is 9.56. The van der Waals surface area contributed by atoms with Crippen LogP contribution in [0.1, 0.15) is 17.3 Å². The minimum atomic E-state index is -0.514. The minimum absolute atomic E-state index is 0.131. The molecule has 2 amide bonds. The van der Waals surface area contributed by atoms with E-state index in [9.17, 15) is 14.4 Å². The van der Waals surface area contributed by atoms with Crippen molar-refractivity contribution >= 4 is 23.9 Å². The molecule has 1 rings (SSSR count). The van der Waals surface area contributed by atoms with Crippen molar-refractivity contribution in [2.75, 3.05) is 25.0 Å². The van der Waals surface area contributed by atoms with Crippen LogP contribution in [0.4, 0.5) is 5.82 Å². The number of rotatable bonds is 6. The zero-order valence-corrected chi connectivity index (χ0v) is 11.5. The zero-order valence-electron chi connectivity index (χ0n) is 11.5. The van der Waals surface area contributed by atoms with Gasteiger partial charge in [-0.3, -0.25) is 19.3 Å². The van der Waals surface area contributed by atoms with Crippen LogP contribution in [0, 0.1) is 0 Å². The van der Waals surface area contributed by atoms with Gasteiger partial charge >= 0.3 is 0 Å². The molecular formula is C14H16N3O3. The molecule has 0 aromatic carbocycles. The van der Waals surface area contributed by atoms with Gasteiger partial charge in [0.15, 0.2) is 0 Å². The maximum absolute atomic E-state index is 12.2. The quantitative estimate of drug-likeness (QED) is 0.719. The van der Waals surface area contributed by atoms with Crippen molar-refractivity contribution in [1.29, 1.82) is 0 Å². The van der Waals surface area contributed by atoms with E-state index in [-0.39, 0.29) is 23.8 Å². The number of hydrogen-bond donors (Lipinski definition) is 0. The summed E-state index contributed by atoms with van der Waals surface area (Å²) < 4.78 is 0. The van der Waals surface area contributed by atoms with Gasteiger partial charge in [0.1, 0.15) is 5.82 Å². The van der Waals surface area contributed by atoms with Crippen molar-refractivity contribution in [1.82, 2.24) is 9.88 Å². The maximum Gasteiger partial charge on any atom is 0.257 e. The van der Waals surface area contributed by atoms with E-state index in [1.54, 1.807) is 25.5 Å². The number of anilines is 1. The van der Waals surface area contributed by atoms with Gasteiger partial charge in [-0.2, -0.15) is 0 Å². The molecule has 0 atom stereocenters. The summed E-state index contributed by atoms with van der Waals surface area (Å²) in [5.74, 6) is -0.658. The Kier molecular flexibility index (Phi) is 5.58. The van der Waals surface area contributed by atoms with Crippen LogP contribution in [-0.2, 0) is 9.59 Å². The molecule has 0 bridgehead atoms. The third kappa shape index (κ3) is 3.28. The molecule has 1 aromatic rings. The second-order valence-corrected chi connectivity index (χ2v) is 3.97. The molecule has 0 N–H and O–H groups in total. The highest BCUT2D eigenvalue weighted by molar-refractivity contribution is 6.07. The first kappa shape index (κ1) is 15.6. The predicted molar refractivity (Wildman–Crippen MR) is 75.1 cm³/mol. The van der Waals surface area contributed by atoms with Gasteiger partial charge < -0.3 is 4.90 Å². The molecule has 6 nitrogen and oxygen atoms in total. The molecule has 1 radical (unpaired) electrons. The molecule has 0 aliphatic rings. The summed E-state index contributed by atoms with van der Waals surface area (Å²) in [7, 11) is 1.64. The summed E-state index contributed by atoms with van der Waals surface area (Å²) in [5.41, 5.74) is 0.252. The van der Waals surface area contributed by atoms with Gasteiger partial charge in [0.05, 0.1) is 12.1 Å². The molecule has 1 heterocycles. The number of pyridine rings is 1. The average molecular weight is 274 g/mol. The Hall–Kier alpha value is -2.50. The van der Waals surface area contributed by atoms with Crippen molar-refractivity contribution < 1.29 is 14.4 Å². The summed E-state index contributed by atoms with van der Waals surface area (Å²) in [6.07, 6.45) is 4.14. The number of carbonyl (C=O) groups excluding carboxylic acids is 3. The third-order valence-electron chi connectivity index (χ3n) is 2.76. The first-order valence-corrected chi connectivity index (χ1v) is 6.06. The van der Waals surface area contributed by atoms with E-state index < -0.39 is 5.91 Å². The van der Waals surface area contributed by atoms with Crippen molar-refractivity contribution in [3.05, 3.63) is 36.5 Å². The number of carbonyl (C=O) groups is 2. The Labute approximate surface area is 117 Å². The van der Waals surface area contributed by atoms with Crippen molar-refractivity contribution in [3.63, 3.8) is 0 Å². The van der Waals surface area contributed by atoms with Crippen molar-refractivity contribution in [2.24, 2.45) is 0 Å². The fourth-order valence-electron chi connectivity index (χ4n) is 1.56. The van der Waals surface area contributed by atoms with E-state index in [4.69, 9.17) is 0 Å². The Morgan fingerprint density at radius 1 is 1.50 bits per heavy atom. The molecule has 0 fully saturated rings. The lowest BCUT2D eigenvalue weighted by molar-refractivity contribution is -0.114. The van der Waals surface area contributed by atoms with Gasteiger partial charge in [0.25, 0.3) is 11.8 Å².